The van der Waals surface area contributed by atoms with Gasteiger partial charge in [-0.3, -0.25) is 19.9 Å². The molecular weight excluding hydrogens is 224 g/mol. The van der Waals surface area contributed by atoms with Crippen molar-refractivity contribution in [3.8, 4) is 0 Å². The maximum atomic E-state index is 4.47. The van der Waals surface area contributed by atoms with Crippen LogP contribution in [0.5, 0.6) is 0 Å². The van der Waals surface area contributed by atoms with Gasteiger partial charge in [0.15, 0.2) is 0 Å². The predicted octanol–water partition coefficient (Wildman–Crippen LogP) is 2.71. The molecule has 18 heavy (non-hydrogen) atoms. The molecule has 0 bridgehead atoms. The zero-order valence-electron chi connectivity index (χ0n) is 10.2. The lowest BCUT2D eigenvalue weighted by atomic mass is 9.76. The van der Waals surface area contributed by atoms with E-state index in [2.05, 4.69) is 19.9 Å². The van der Waals surface area contributed by atoms with Gasteiger partial charge in [-0.2, -0.15) is 0 Å². The first-order valence-corrected chi connectivity index (χ1v) is 6.47. The van der Waals surface area contributed by atoms with Crippen LogP contribution in [0.4, 0.5) is 0 Å². The monoisotopic (exact) mass is 240 g/mol. The van der Waals surface area contributed by atoms with Crippen LogP contribution in [0.25, 0.3) is 0 Å². The third kappa shape index (κ3) is 2.23. The standard InChI is InChI=1S/C14H16N4/c1-2-4-12(14-10-16-6-8-18-14)11(3-1)13-9-15-5-7-17-13/h5-12H,1-4H2. The molecule has 2 aromatic rings. The average molecular weight is 240 g/mol. The van der Waals surface area contributed by atoms with Gasteiger partial charge in [-0.25, -0.2) is 0 Å². The quantitative estimate of drug-likeness (QED) is 0.809. The van der Waals surface area contributed by atoms with Gasteiger partial charge in [0.05, 0.1) is 11.4 Å². The second-order valence-electron chi connectivity index (χ2n) is 4.76. The van der Waals surface area contributed by atoms with E-state index in [0.717, 1.165) is 11.4 Å². The first-order chi connectivity index (χ1) is 8.95. The predicted molar refractivity (Wildman–Crippen MR) is 68.0 cm³/mol. The van der Waals surface area contributed by atoms with Gasteiger partial charge in [0, 0.05) is 49.0 Å². The van der Waals surface area contributed by atoms with Gasteiger partial charge in [-0.15, -0.1) is 0 Å². The normalized spacial score (nSPS) is 23.8. The average Bonchev–Trinajstić information content (AvgIpc) is 2.49. The first kappa shape index (κ1) is 11.3. The van der Waals surface area contributed by atoms with Crippen molar-refractivity contribution in [1.29, 1.82) is 0 Å². The third-order valence-electron chi connectivity index (χ3n) is 3.69. The van der Waals surface area contributed by atoms with Crippen LogP contribution in [0.1, 0.15) is 48.9 Å². The molecule has 0 N–H and O–H groups in total. The smallest absolute Gasteiger partial charge is 0.0624 e. The SMILES string of the molecule is c1cnc(C2CCCCC2c2cnccn2)cn1. The maximum Gasteiger partial charge on any atom is 0.0624 e. The van der Waals surface area contributed by atoms with Crippen molar-refractivity contribution in [3.05, 3.63) is 48.6 Å². The molecule has 4 heteroatoms. The van der Waals surface area contributed by atoms with Gasteiger partial charge in [0.2, 0.25) is 0 Å². The Morgan fingerprint density at radius 2 is 1.22 bits per heavy atom. The summed E-state index contributed by atoms with van der Waals surface area (Å²) in [6, 6.07) is 0. The summed E-state index contributed by atoms with van der Waals surface area (Å²) in [5.41, 5.74) is 2.18. The molecule has 0 amide bonds. The van der Waals surface area contributed by atoms with Gasteiger partial charge in [0.1, 0.15) is 0 Å². The minimum absolute atomic E-state index is 0.434. The lowest BCUT2D eigenvalue weighted by Crippen LogP contribution is -2.18. The van der Waals surface area contributed by atoms with Crippen molar-refractivity contribution < 1.29 is 0 Å². The van der Waals surface area contributed by atoms with E-state index in [1.165, 1.54) is 25.7 Å². The lowest BCUT2D eigenvalue weighted by Gasteiger charge is -2.30. The molecule has 92 valence electrons. The Bertz CT molecular complexity index is 438. The second kappa shape index (κ2) is 5.21. The topological polar surface area (TPSA) is 51.6 Å². The van der Waals surface area contributed by atoms with Gasteiger partial charge in [0.25, 0.3) is 0 Å². The molecule has 3 rings (SSSR count). The van der Waals surface area contributed by atoms with Gasteiger partial charge >= 0.3 is 0 Å². The van der Waals surface area contributed by atoms with Crippen LogP contribution in [0, 0.1) is 0 Å². The highest BCUT2D eigenvalue weighted by Crippen LogP contribution is 2.42. The van der Waals surface area contributed by atoms with Crippen LogP contribution in [-0.2, 0) is 0 Å². The largest absolute Gasteiger partial charge is 0.261 e. The second-order valence-corrected chi connectivity index (χ2v) is 4.76. The summed E-state index contributed by atoms with van der Waals surface area (Å²) in [4.78, 5) is 17.3. The molecule has 4 nitrogen and oxygen atoms in total. The third-order valence-corrected chi connectivity index (χ3v) is 3.69. The van der Waals surface area contributed by atoms with Crippen LogP contribution in [-0.4, -0.2) is 19.9 Å². The number of nitrogens with zero attached hydrogens (tertiary/aromatic N) is 4. The number of hydrogen-bond acceptors (Lipinski definition) is 4. The highest BCUT2D eigenvalue weighted by atomic mass is 14.8. The van der Waals surface area contributed by atoms with E-state index in [-0.39, 0.29) is 0 Å². The Morgan fingerprint density at radius 3 is 1.61 bits per heavy atom. The van der Waals surface area contributed by atoms with Crippen LogP contribution in [0.2, 0.25) is 0 Å². The molecule has 2 heterocycles. The van der Waals surface area contributed by atoms with E-state index >= 15 is 0 Å². The summed E-state index contributed by atoms with van der Waals surface area (Å²) in [6.45, 7) is 0. The molecule has 2 atom stereocenters. The molecule has 0 saturated heterocycles. The maximum absolute atomic E-state index is 4.47. The number of aromatic nitrogens is 4. The molecule has 1 aliphatic rings. The molecular formula is C14H16N4. The molecule has 2 aromatic heterocycles. The molecule has 1 fully saturated rings. The van der Waals surface area contributed by atoms with E-state index in [9.17, 15) is 0 Å². The molecule has 1 saturated carbocycles. The molecule has 0 spiro atoms. The minimum Gasteiger partial charge on any atom is -0.261 e. The summed E-state index contributed by atoms with van der Waals surface area (Å²) in [6.07, 6.45) is 15.6. The zero-order chi connectivity index (χ0) is 12.2. The van der Waals surface area contributed by atoms with E-state index in [0.29, 0.717) is 11.8 Å². The fourth-order valence-electron chi connectivity index (χ4n) is 2.84. The van der Waals surface area contributed by atoms with E-state index < -0.39 is 0 Å². The molecule has 1 aliphatic carbocycles. The molecule has 2 unspecified atom stereocenters. The summed E-state index contributed by atoms with van der Waals surface area (Å²) < 4.78 is 0. The molecule has 0 aromatic carbocycles. The van der Waals surface area contributed by atoms with E-state index in [4.69, 9.17) is 0 Å². The summed E-state index contributed by atoms with van der Waals surface area (Å²) >= 11 is 0. The highest BCUT2D eigenvalue weighted by Gasteiger charge is 2.29. The van der Waals surface area contributed by atoms with Crippen LogP contribution < -0.4 is 0 Å². The van der Waals surface area contributed by atoms with Crippen molar-refractivity contribution >= 4 is 0 Å². The summed E-state index contributed by atoms with van der Waals surface area (Å²) in [7, 11) is 0. The van der Waals surface area contributed by atoms with Crippen molar-refractivity contribution in [1.82, 2.24) is 19.9 Å². The van der Waals surface area contributed by atoms with Crippen molar-refractivity contribution in [2.75, 3.05) is 0 Å². The molecule has 0 aliphatic heterocycles. The molecule has 0 radical (unpaired) electrons. The fraction of sp³-hybridized carbons (Fsp3) is 0.429. The van der Waals surface area contributed by atoms with Gasteiger partial charge in [-0.05, 0) is 12.8 Å². The lowest BCUT2D eigenvalue weighted by molar-refractivity contribution is 0.373. The van der Waals surface area contributed by atoms with Crippen LogP contribution in [0.15, 0.2) is 37.2 Å². The minimum atomic E-state index is 0.434. The van der Waals surface area contributed by atoms with E-state index in [1.54, 1.807) is 24.8 Å². The highest BCUT2D eigenvalue weighted by molar-refractivity contribution is 5.17. The Balaban J connectivity index is 1.92. The van der Waals surface area contributed by atoms with Crippen LogP contribution >= 0.6 is 0 Å². The Labute approximate surface area is 107 Å². The zero-order valence-corrected chi connectivity index (χ0v) is 10.2. The summed E-state index contributed by atoms with van der Waals surface area (Å²) in [5, 5.41) is 0. The number of hydrogen-bond donors (Lipinski definition) is 0. The van der Waals surface area contributed by atoms with Crippen LogP contribution in [0.3, 0.4) is 0 Å². The van der Waals surface area contributed by atoms with Crippen molar-refractivity contribution in [2.24, 2.45) is 0 Å². The Kier molecular flexibility index (Phi) is 3.26. The van der Waals surface area contributed by atoms with Gasteiger partial charge < -0.3 is 0 Å². The Morgan fingerprint density at radius 1 is 0.722 bits per heavy atom. The number of rotatable bonds is 2. The first-order valence-electron chi connectivity index (χ1n) is 6.47. The van der Waals surface area contributed by atoms with Crippen molar-refractivity contribution in [3.63, 3.8) is 0 Å². The van der Waals surface area contributed by atoms with Gasteiger partial charge in [-0.1, -0.05) is 12.8 Å². The Hall–Kier alpha value is -1.84. The summed E-state index contributed by atoms with van der Waals surface area (Å²) in [5.74, 6) is 0.869. The van der Waals surface area contributed by atoms with Crippen molar-refractivity contribution in [2.45, 2.75) is 37.5 Å². The fourth-order valence-corrected chi connectivity index (χ4v) is 2.84. The van der Waals surface area contributed by atoms with E-state index in [1.807, 2.05) is 12.4 Å².